The summed E-state index contributed by atoms with van der Waals surface area (Å²) in [6.07, 6.45) is 5.93. The average molecular weight is 611 g/mol. The van der Waals surface area contributed by atoms with Gasteiger partial charge in [-0.1, -0.05) is 48.5 Å². The molecule has 4 aromatic rings. The summed E-state index contributed by atoms with van der Waals surface area (Å²) in [5, 5.41) is 15.8. The Hall–Kier alpha value is -5.12. The molecule has 234 valence electrons. The maximum absolute atomic E-state index is 13.3. The number of carbonyl (C=O) groups is 3. The molecule has 0 unspecified atom stereocenters. The van der Waals surface area contributed by atoms with Gasteiger partial charge >= 0.3 is 12.1 Å². The van der Waals surface area contributed by atoms with Crippen molar-refractivity contribution in [3.63, 3.8) is 0 Å². The maximum atomic E-state index is 13.3. The summed E-state index contributed by atoms with van der Waals surface area (Å²) >= 11 is 0. The van der Waals surface area contributed by atoms with Gasteiger partial charge in [-0.05, 0) is 78.6 Å². The summed E-state index contributed by atoms with van der Waals surface area (Å²) in [6.45, 7) is 5.37. The van der Waals surface area contributed by atoms with Crippen molar-refractivity contribution in [2.75, 3.05) is 24.7 Å². The van der Waals surface area contributed by atoms with Crippen molar-refractivity contribution < 1.29 is 29.0 Å². The van der Waals surface area contributed by atoms with Gasteiger partial charge in [0, 0.05) is 37.0 Å². The molecule has 10 nitrogen and oxygen atoms in total. The highest BCUT2D eigenvalue weighted by Gasteiger charge is 2.25. The van der Waals surface area contributed by atoms with Crippen LogP contribution in [0, 0.1) is 13.8 Å². The van der Waals surface area contributed by atoms with Crippen molar-refractivity contribution in [2.24, 2.45) is 0 Å². The molecule has 2 N–H and O–H groups in total. The minimum absolute atomic E-state index is 0.109. The van der Waals surface area contributed by atoms with Crippen LogP contribution >= 0.6 is 0 Å². The van der Waals surface area contributed by atoms with Crippen LogP contribution in [-0.4, -0.2) is 52.6 Å². The molecule has 1 aromatic heterocycles. The standard InChI is InChI=1S/C35H38N4O6/c1-24-8-3-14-32(25(24)2)44-17-7-15-33(40)39-16-6-12-30-29(11-5-13-31(30)39)28-20-37-38(22-28)21-27-10-4-9-26(18-27)19-36-35(43)45-23-34(41)42/h3-5,8-11,13-14,18,20,22H,6-7,12,15-17,19,21,23H2,1-2H3,(H,36,43)(H,41,42). The SMILES string of the molecule is Cc1cccc(OCCCC(=O)N2CCCc3c(-c4cnn(Cc5cccc(CNC(=O)OCC(=O)O)c5)c4)cccc32)c1C. The second-order valence-corrected chi connectivity index (χ2v) is 11.2. The number of amides is 2. The van der Waals surface area contributed by atoms with Crippen LogP contribution in [0.15, 0.2) is 73.1 Å². The first-order valence-corrected chi connectivity index (χ1v) is 15.1. The number of benzene rings is 3. The Morgan fingerprint density at radius 3 is 2.67 bits per heavy atom. The molecule has 1 aliphatic heterocycles. The fourth-order valence-corrected chi connectivity index (χ4v) is 5.54. The van der Waals surface area contributed by atoms with Crippen molar-refractivity contribution in [3.8, 4) is 16.9 Å². The fourth-order valence-electron chi connectivity index (χ4n) is 5.54. The zero-order chi connectivity index (χ0) is 31.8. The molecule has 2 heterocycles. The number of fused-ring (bicyclic) bond motifs is 1. The third kappa shape index (κ3) is 8.08. The Morgan fingerprint density at radius 1 is 1.02 bits per heavy atom. The molecule has 0 bridgehead atoms. The van der Waals surface area contributed by atoms with Crippen molar-refractivity contribution in [1.29, 1.82) is 0 Å². The number of rotatable bonds is 12. The molecule has 0 radical (unpaired) electrons. The Bertz CT molecular complexity index is 1680. The maximum Gasteiger partial charge on any atom is 0.407 e. The molecular formula is C35H38N4O6. The van der Waals surface area contributed by atoms with E-state index < -0.39 is 18.7 Å². The third-order valence-electron chi connectivity index (χ3n) is 7.94. The van der Waals surface area contributed by atoms with E-state index in [-0.39, 0.29) is 12.5 Å². The van der Waals surface area contributed by atoms with Gasteiger partial charge in [-0.2, -0.15) is 5.10 Å². The smallest absolute Gasteiger partial charge is 0.407 e. The van der Waals surface area contributed by atoms with E-state index in [1.807, 2.05) is 70.5 Å². The number of nitrogens with one attached hydrogen (secondary N) is 1. The van der Waals surface area contributed by atoms with Crippen molar-refractivity contribution in [1.82, 2.24) is 15.1 Å². The van der Waals surface area contributed by atoms with E-state index in [0.29, 0.717) is 32.5 Å². The minimum atomic E-state index is -1.21. The van der Waals surface area contributed by atoms with Crippen molar-refractivity contribution in [3.05, 3.63) is 101 Å². The molecule has 10 heteroatoms. The van der Waals surface area contributed by atoms with Crippen LogP contribution in [0.5, 0.6) is 5.75 Å². The summed E-state index contributed by atoms with van der Waals surface area (Å²) in [5.41, 5.74) is 8.36. The molecule has 0 saturated heterocycles. The first kappa shape index (κ1) is 31.3. The lowest BCUT2D eigenvalue weighted by molar-refractivity contribution is -0.140. The molecule has 45 heavy (non-hydrogen) atoms. The van der Waals surface area contributed by atoms with Gasteiger partial charge in [-0.25, -0.2) is 9.59 Å². The lowest BCUT2D eigenvalue weighted by Crippen LogP contribution is -2.35. The third-order valence-corrected chi connectivity index (χ3v) is 7.94. The average Bonchev–Trinajstić information content (AvgIpc) is 3.50. The van der Waals surface area contributed by atoms with Crippen LogP contribution in [0.1, 0.15) is 47.1 Å². The van der Waals surface area contributed by atoms with Gasteiger partial charge in [0.2, 0.25) is 5.91 Å². The van der Waals surface area contributed by atoms with Crippen LogP contribution in [-0.2, 0) is 33.8 Å². The van der Waals surface area contributed by atoms with E-state index in [0.717, 1.165) is 57.7 Å². The second kappa shape index (κ2) is 14.6. The van der Waals surface area contributed by atoms with Crippen LogP contribution in [0.25, 0.3) is 11.1 Å². The van der Waals surface area contributed by atoms with Gasteiger partial charge in [0.1, 0.15) is 5.75 Å². The molecule has 2 amide bonds. The number of alkyl carbamates (subject to hydrolysis) is 1. The number of aromatic nitrogens is 2. The molecule has 3 aromatic carbocycles. The topological polar surface area (TPSA) is 123 Å². The van der Waals surface area contributed by atoms with E-state index in [1.54, 1.807) is 0 Å². The molecular weight excluding hydrogens is 572 g/mol. The lowest BCUT2D eigenvalue weighted by atomic mass is 9.93. The highest BCUT2D eigenvalue weighted by molar-refractivity contribution is 5.96. The van der Waals surface area contributed by atoms with E-state index in [1.165, 1.54) is 5.56 Å². The number of aliphatic carboxylic acids is 1. The van der Waals surface area contributed by atoms with Crippen LogP contribution in [0.4, 0.5) is 10.5 Å². The molecule has 1 aliphatic rings. The molecule has 0 spiro atoms. The van der Waals surface area contributed by atoms with E-state index >= 15 is 0 Å². The van der Waals surface area contributed by atoms with Gasteiger partial charge in [0.05, 0.1) is 19.3 Å². The second-order valence-electron chi connectivity index (χ2n) is 11.2. The Morgan fingerprint density at radius 2 is 1.82 bits per heavy atom. The van der Waals surface area contributed by atoms with Gasteiger partial charge in [0.25, 0.3) is 0 Å². The van der Waals surface area contributed by atoms with E-state index in [2.05, 4.69) is 41.1 Å². The van der Waals surface area contributed by atoms with Crippen LogP contribution < -0.4 is 15.0 Å². The number of hydrogen-bond donors (Lipinski definition) is 2. The minimum Gasteiger partial charge on any atom is -0.493 e. The zero-order valence-corrected chi connectivity index (χ0v) is 25.6. The highest BCUT2D eigenvalue weighted by Crippen LogP contribution is 2.36. The number of carbonyl (C=O) groups excluding carboxylic acids is 2. The predicted molar refractivity (Wildman–Crippen MR) is 170 cm³/mol. The van der Waals surface area contributed by atoms with Crippen molar-refractivity contribution >= 4 is 23.7 Å². The van der Waals surface area contributed by atoms with Gasteiger partial charge in [0.15, 0.2) is 6.61 Å². The zero-order valence-electron chi connectivity index (χ0n) is 25.6. The number of carboxylic acids is 1. The molecule has 0 atom stereocenters. The monoisotopic (exact) mass is 610 g/mol. The Kier molecular flexibility index (Phi) is 10.1. The highest BCUT2D eigenvalue weighted by atomic mass is 16.6. The molecule has 0 saturated carbocycles. The Balaban J connectivity index is 1.20. The van der Waals surface area contributed by atoms with Gasteiger partial charge < -0.3 is 24.8 Å². The van der Waals surface area contributed by atoms with Crippen LogP contribution in [0.3, 0.4) is 0 Å². The number of anilines is 1. The first-order chi connectivity index (χ1) is 21.8. The molecule has 5 rings (SSSR count). The number of aryl methyl sites for hydroxylation is 1. The number of hydrogen-bond acceptors (Lipinski definition) is 6. The molecule has 0 fully saturated rings. The van der Waals surface area contributed by atoms with Crippen molar-refractivity contribution in [2.45, 2.75) is 52.6 Å². The lowest BCUT2D eigenvalue weighted by Gasteiger charge is -2.31. The van der Waals surface area contributed by atoms with Gasteiger partial charge in [-0.3, -0.25) is 9.48 Å². The normalized spacial score (nSPS) is 12.4. The summed E-state index contributed by atoms with van der Waals surface area (Å²) in [6, 6.07) is 19.8. The summed E-state index contributed by atoms with van der Waals surface area (Å²) in [4.78, 5) is 37.5. The quantitative estimate of drug-likeness (QED) is 0.198. The summed E-state index contributed by atoms with van der Waals surface area (Å²) in [5.74, 6) is -0.228. The Labute approximate surface area is 262 Å². The first-order valence-electron chi connectivity index (χ1n) is 15.1. The van der Waals surface area contributed by atoms with E-state index in [9.17, 15) is 14.4 Å². The molecule has 0 aliphatic carbocycles. The number of nitrogens with zero attached hydrogens (tertiary/aromatic N) is 3. The number of ether oxygens (including phenoxy) is 2. The fraction of sp³-hybridized carbons (Fsp3) is 0.314. The summed E-state index contributed by atoms with van der Waals surface area (Å²) in [7, 11) is 0. The summed E-state index contributed by atoms with van der Waals surface area (Å²) < 4.78 is 12.4. The number of carboxylic acid groups (broad SMARTS) is 1. The van der Waals surface area contributed by atoms with E-state index in [4.69, 9.17) is 9.84 Å². The van der Waals surface area contributed by atoms with Gasteiger partial charge in [-0.15, -0.1) is 0 Å². The van der Waals surface area contributed by atoms with Crippen LogP contribution in [0.2, 0.25) is 0 Å². The predicted octanol–water partition coefficient (Wildman–Crippen LogP) is 5.66. The largest absolute Gasteiger partial charge is 0.493 e.